The van der Waals surface area contributed by atoms with Crippen LogP contribution in [0, 0.1) is 5.92 Å². The lowest BCUT2D eigenvalue weighted by Gasteiger charge is -2.23. The van der Waals surface area contributed by atoms with Crippen molar-refractivity contribution < 1.29 is 28.7 Å². The Morgan fingerprint density at radius 1 is 0.920 bits per heavy atom. The third kappa shape index (κ3) is 9.43. The molecule has 25 heavy (non-hydrogen) atoms. The standard InChI is InChI=1S/C16H27N3O6/c1-9(2)14(19-11(4)20)16(24)18-10(3)15(23)17-8-12(21)6-7-13(22)25-5/h9-10,14H,6-8H2,1-5H3,(H,17,23)(H,18,24)(H,19,20)/t10-,14-/m0/s1. The summed E-state index contributed by atoms with van der Waals surface area (Å²) in [4.78, 5) is 57.8. The van der Waals surface area contributed by atoms with Gasteiger partial charge in [-0.1, -0.05) is 13.8 Å². The van der Waals surface area contributed by atoms with Crippen LogP contribution in [0.1, 0.15) is 40.5 Å². The van der Waals surface area contributed by atoms with E-state index in [9.17, 15) is 24.0 Å². The van der Waals surface area contributed by atoms with Gasteiger partial charge in [-0.25, -0.2) is 0 Å². The molecule has 0 aliphatic rings. The molecule has 142 valence electrons. The maximum Gasteiger partial charge on any atom is 0.305 e. The molecule has 0 rings (SSSR count). The number of carbonyl (C=O) groups is 5. The fraction of sp³-hybridized carbons (Fsp3) is 0.688. The fourth-order valence-corrected chi connectivity index (χ4v) is 1.89. The largest absolute Gasteiger partial charge is 0.469 e. The molecule has 0 saturated carbocycles. The van der Waals surface area contributed by atoms with Gasteiger partial charge >= 0.3 is 5.97 Å². The van der Waals surface area contributed by atoms with E-state index in [2.05, 4.69) is 20.7 Å². The van der Waals surface area contributed by atoms with E-state index >= 15 is 0 Å². The summed E-state index contributed by atoms with van der Waals surface area (Å²) in [5.74, 6) is -2.34. The molecule has 3 N–H and O–H groups in total. The first-order valence-electron chi connectivity index (χ1n) is 8.02. The predicted molar refractivity (Wildman–Crippen MR) is 89.3 cm³/mol. The van der Waals surface area contributed by atoms with Crippen molar-refractivity contribution in [2.75, 3.05) is 13.7 Å². The molecule has 9 nitrogen and oxygen atoms in total. The van der Waals surface area contributed by atoms with Crippen LogP contribution in [0.25, 0.3) is 0 Å². The average Bonchev–Trinajstić information content (AvgIpc) is 2.54. The zero-order valence-electron chi connectivity index (χ0n) is 15.3. The van der Waals surface area contributed by atoms with Crippen LogP contribution in [0.5, 0.6) is 0 Å². The van der Waals surface area contributed by atoms with Crippen LogP contribution in [0.15, 0.2) is 0 Å². The molecule has 0 aromatic carbocycles. The summed E-state index contributed by atoms with van der Waals surface area (Å²) < 4.78 is 4.42. The molecular weight excluding hydrogens is 330 g/mol. The number of ketones is 1. The summed E-state index contributed by atoms with van der Waals surface area (Å²) in [6, 6.07) is -1.63. The third-order valence-electron chi connectivity index (χ3n) is 3.36. The molecule has 2 atom stereocenters. The van der Waals surface area contributed by atoms with Crippen molar-refractivity contribution in [2.24, 2.45) is 5.92 Å². The highest BCUT2D eigenvalue weighted by Gasteiger charge is 2.26. The van der Waals surface area contributed by atoms with Gasteiger partial charge in [0.2, 0.25) is 17.7 Å². The minimum absolute atomic E-state index is 0.0361. The van der Waals surface area contributed by atoms with E-state index in [0.29, 0.717) is 0 Å². The van der Waals surface area contributed by atoms with E-state index in [4.69, 9.17) is 0 Å². The maximum atomic E-state index is 12.2. The molecule has 0 bridgehead atoms. The lowest BCUT2D eigenvalue weighted by molar-refractivity contribution is -0.141. The molecule has 0 saturated heterocycles. The van der Waals surface area contributed by atoms with Gasteiger partial charge in [-0.3, -0.25) is 24.0 Å². The average molecular weight is 357 g/mol. The van der Waals surface area contributed by atoms with Gasteiger partial charge in [-0.15, -0.1) is 0 Å². The molecule has 0 spiro atoms. The summed E-state index contributed by atoms with van der Waals surface area (Å²) in [6.07, 6.45) is -0.0874. The molecule has 9 heteroatoms. The Hall–Kier alpha value is -2.45. The van der Waals surface area contributed by atoms with E-state index in [1.54, 1.807) is 13.8 Å². The molecule has 0 unspecified atom stereocenters. The number of hydrogen-bond acceptors (Lipinski definition) is 6. The first-order valence-corrected chi connectivity index (χ1v) is 8.02. The SMILES string of the molecule is COC(=O)CCC(=O)CNC(=O)[C@H](C)NC(=O)[C@@H](NC(C)=O)C(C)C. The second kappa shape index (κ2) is 11.2. The third-order valence-corrected chi connectivity index (χ3v) is 3.36. The summed E-state index contributed by atoms with van der Waals surface area (Å²) in [6.45, 7) is 6.07. The summed E-state index contributed by atoms with van der Waals surface area (Å²) in [7, 11) is 1.23. The molecular formula is C16H27N3O6. The minimum atomic E-state index is -0.879. The molecule has 0 fully saturated rings. The van der Waals surface area contributed by atoms with Crippen molar-refractivity contribution in [3.8, 4) is 0 Å². The highest BCUT2D eigenvalue weighted by Crippen LogP contribution is 2.02. The number of methoxy groups -OCH3 is 1. The molecule has 0 heterocycles. The van der Waals surface area contributed by atoms with Crippen LogP contribution in [0.2, 0.25) is 0 Å². The van der Waals surface area contributed by atoms with Gasteiger partial charge in [-0.2, -0.15) is 0 Å². The smallest absolute Gasteiger partial charge is 0.305 e. The monoisotopic (exact) mass is 357 g/mol. The zero-order valence-corrected chi connectivity index (χ0v) is 15.3. The van der Waals surface area contributed by atoms with E-state index in [1.807, 2.05) is 0 Å². The summed E-state index contributed by atoms with van der Waals surface area (Å²) in [5.41, 5.74) is 0. The van der Waals surface area contributed by atoms with Gasteiger partial charge < -0.3 is 20.7 Å². The zero-order chi connectivity index (χ0) is 19.6. The number of rotatable bonds is 10. The van der Waals surface area contributed by atoms with E-state index < -0.39 is 29.9 Å². The predicted octanol–water partition coefficient (Wildman–Crippen LogP) is -0.710. The molecule has 0 radical (unpaired) electrons. The Kier molecular flexibility index (Phi) is 10.1. The Bertz CT molecular complexity index is 518. The number of Topliss-reactive ketones (excluding diaryl/α,β-unsaturated/α-hetero) is 1. The van der Waals surface area contributed by atoms with Gasteiger partial charge in [-0.05, 0) is 12.8 Å². The normalized spacial score (nSPS) is 12.7. The molecule has 0 aromatic heterocycles. The van der Waals surface area contributed by atoms with Crippen molar-refractivity contribution >= 4 is 29.5 Å². The molecule has 0 aliphatic heterocycles. The fourth-order valence-electron chi connectivity index (χ4n) is 1.89. The maximum absolute atomic E-state index is 12.2. The number of carbonyl (C=O) groups excluding carboxylic acids is 5. The quantitative estimate of drug-likeness (QED) is 0.443. The van der Waals surface area contributed by atoms with Gasteiger partial charge in [0.05, 0.1) is 20.1 Å². The van der Waals surface area contributed by atoms with Crippen LogP contribution in [0.3, 0.4) is 0 Å². The van der Waals surface area contributed by atoms with Crippen LogP contribution < -0.4 is 16.0 Å². The number of ether oxygens (including phenoxy) is 1. The first-order chi connectivity index (χ1) is 11.6. The Labute approximate surface area is 147 Å². The van der Waals surface area contributed by atoms with Crippen LogP contribution in [0.4, 0.5) is 0 Å². The van der Waals surface area contributed by atoms with Crippen LogP contribution in [-0.4, -0.2) is 55.2 Å². The second-order valence-corrected chi connectivity index (χ2v) is 5.99. The van der Waals surface area contributed by atoms with Gasteiger partial charge in [0.15, 0.2) is 5.78 Å². The topological polar surface area (TPSA) is 131 Å². The van der Waals surface area contributed by atoms with E-state index in [0.717, 1.165) is 0 Å². The van der Waals surface area contributed by atoms with Gasteiger partial charge in [0.1, 0.15) is 12.1 Å². The van der Waals surface area contributed by atoms with Crippen LogP contribution in [-0.2, 0) is 28.7 Å². The highest BCUT2D eigenvalue weighted by atomic mass is 16.5. The van der Waals surface area contributed by atoms with Crippen molar-refractivity contribution in [3.63, 3.8) is 0 Å². The summed E-state index contributed by atoms with van der Waals surface area (Å²) >= 11 is 0. The molecule has 3 amide bonds. The van der Waals surface area contributed by atoms with Crippen molar-refractivity contribution in [2.45, 2.75) is 52.6 Å². The molecule has 0 aliphatic carbocycles. The highest BCUT2D eigenvalue weighted by molar-refractivity contribution is 5.93. The number of hydrogen-bond donors (Lipinski definition) is 3. The van der Waals surface area contributed by atoms with Crippen LogP contribution >= 0.6 is 0 Å². The Balaban J connectivity index is 4.40. The number of esters is 1. The minimum Gasteiger partial charge on any atom is -0.469 e. The lowest BCUT2D eigenvalue weighted by Crippen LogP contribution is -2.54. The first kappa shape index (κ1) is 22.6. The van der Waals surface area contributed by atoms with E-state index in [1.165, 1.54) is 21.0 Å². The van der Waals surface area contributed by atoms with Gasteiger partial charge in [0, 0.05) is 13.3 Å². The Morgan fingerprint density at radius 3 is 2.00 bits per heavy atom. The van der Waals surface area contributed by atoms with Crippen molar-refractivity contribution in [1.82, 2.24) is 16.0 Å². The number of nitrogens with one attached hydrogen (secondary N) is 3. The van der Waals surface area contributed by atoms with Crippen molar-refractivity contribution in [1.29, 1.82) is 0 Å². The van der Waals surface area contributed by atoms with E-state index in [-0.39, 0.29) is 37.0 Å². The summed E-state index contributed by atoms with van der Waals surface area (Å²) in [5, 5.41) is 7.42. The lowest BCUT2D eigenvalue weighted by atomic mass is 10.0. The van der Waals surface area contributed by atoms with Crippen molar-refractivity contribution in [3.05, 3.63) is 0 Å². The Morgan fingerprint density at radius 2 is 1.52 bits per heavy atom. The molecule has 0 aromatic rings. The number of amides is 3. The van der Waals surface area contributed by atoms with Gasteiger partial charge in [0.25, 0.3) is 0 Å². The second-order valence-electron chi connectivity index (χ2n) is 5.99.